The molecular weight excluding hydrogens is 292 g/mol. The Labute approximate surface area is 134 Å². The summed E-state index contributed by atoms with van der Waals surface area (Å²) < 4.78 is 7.40. The number of fused-ring (bicyclic) bond motifs is 1. The van der Waals surface area contributed by atoms with E-state index in [1.165, 1.54) is 0 Å². The highest BCUT2D eigenvalue weighted by atomic mass is 16.3. The average molecular weight is 312 g/mol. The monoisotopic (exact) mass is 312 g/mol. The standard InChI is InChI=1S/C17H20N4O2/c1-11-12(10-21(20-11)17(2,3)4)16(22)18-9-15-19-13-7-5-6-8-14(13)23-15/h5-8,10H,9H2,1-4H3,(H,18,22). The molecule has 0 aliphatic heterocycles. The number of hydrogen-bond acceptors (Lipinski definition) is 4. The molecule has 0 radical (unpaired) electrons. The number of aromatic nitrogens is 3. The first kappa shape index (κ1) is 15.3. The number of oxazole rings is 1. The first-order chi connectivity index (χ1) is 10.8. The molecule has 0 spiro atoms. The number of amides is 1. The van der Waals surface area contributed by atoms with Gasteiger partial charge in [-0.2, -0.15) is 5.10 Å². The second-order valence-electron chi connectivity index (χ2n) is 6.50. The van der Waals surface area contributed by atoms with Gasteiger partial charge in [0.05, 0.1) is 23.3 Å². The van der Waals surface area contributed by atoms with E-state index < -0.39 is 0 Å². The van der Waals surface area contributed by atoms with Crippen LogP contribution in [0.1, 0.15) is 42.7 Å². The van der Waals surface area contributed by atoms with E-state index in [0.29, 0.717) is 22.7 Å². The minimum Gasteiger partial charge on any atom is -0.439 e. The van der Waals surface area contributed by atoms with E-state index in [1.54, 1.807) is 10.9 Å². The van der Waals surface area contributed by atoms with E-state index >= 15 is 0 Å². The minimum atomic E-state index is -0.180. The van der Waals surface area contributed by atoms with Crippen LogP contribution in [0.25, 0.3) is 11.1 Å². The summed E-state index contributed by atoms with van der Waals surface area (Å²) in [6.45, 7) is 8.20. The second-order valence-corrected chi connectivity index (χ2v) is 6.50. The lowest BCUT2D eigenvalue weighted by atomic mass is 10.1. The van der Waals surface area contributed by atoms with Crippen molar-refractivity contribution in [2.45, 2.75) is 39.8 Å². The van der Waals surface area contributed by atoms with Crippen molar-refractivity contribution in [2.75, 3.05) is 0 Å². The zero-order chi connectivity index (χ0) is 16.6. The summed E-state index contributed by atoms with van der Waals surface area (Å²) in [5.74, 6) is 0.306. The summed E-state index contributed by atoms with van der Waals surface area (Å²) in [5, 5.41) is 7.24. The molecule has 0 saturated heterocycles. The summed E-state index contributed by atoms with van der Waals surface area (Å²) in [6, 6.07) is 7.52. The van der Waals surface area contributed by atoms with Gasteiger partial charge in [0.15, 0.2) is 5.58 Å². The highest BCUT2D eigenvalue weighted by Gasteiger charge is 2.20. The lowest BCUT2D eigenvalue weighted by molar-refractivity contribution is 0.0946. The van der Waals surface area contributed by atoms with Crippen LogP contribution in [0.15, 0.2) is 34.9 Å². The van der Waals surface area contributed by atoms with Crippen molar-refractivity contribution >= 4 is 17.0 Å². The molecule has 3 aromatic rings. The number of nitrogens with one attached hydrogen (secondary N) is 1. The van der Waals surface area contributed by atoms with Gasteiger partial charge in [0, 0.05) is 6.20 Å². The Morgan fingerprint density at radius 2 is 2.04 bits per heavy atom. The van der Waals surface area contributed by atoms with Crippen LogP contribution in [0.4, 0.5) is 0 Å². The number of para-hydroxylation sites is 2. The Balaban J connectivity index is 1.73. The Bertz CT molecular complexity index is 822. The summed E-state index contributed by atoms with van der Waals surface area (Å²) in [5.41, 5.74) is 2.61. The third kappa shape index (κ3) is 3.11. The molecule has 23 heavy (non-hydrogen) atoms. The van der Waals surface area contributed by atoms with Crippen LogP contribution in [0.3, 0.4) is 0 Å². The minimum absolute atomic E-state index is 0.163. The molecule has 6 heteroatoms. The first-order valence-electron chi connectivity index (χ1n) is 7.54. The summed E-state index contributed by atoms with van der Waals surface area (Å²) in [4.78, 5) is 16.7. The lowest BCUT2D eigenvalue weighted by Crippen LogP contribution is -2.24. The van der Waals surface area contributed by atoms with E-state index in [1.807, 2.05) is 52.0 Å². The van der Waals surface area contributed by atoms with Gasteiger partial charge in [0.2, 0.25) is 5.89 Å². The van der Waals surface area contributed by atoms with Crippen molar-refractivity contribution in [3.8, 4) is 0 Å². The second kappa shape index (κ2) is 5.53. The maximum absolute atomic E-state index is 12.4. The maximum Gasteiger partial charge on any atom is 0.255 e. The number of hydrogen-bond donors (Lipinski definition) is 1. The Morgan fingerprint density at radius 3 is 2.70 bits per heavy atom. The smallest absolute Gasteiger partial charge is 0.255 e. The molecule has 2 heterocycles. The molecule has 1 amide bonds. The van der Waals surface area contributed by atoms with Crippen LogP contribution in [0, 0.1) is 6.92 Å². The number of nitrogens with zero attached hydrogens (tertiary/aromatic N) is 3. The zero-order valence-electron chi connectivity index (χ0n) is 13.8. The van der Waals surface area contributed by atoms with Gasteiger partial charge in [0.25, 0.3) is 5.91 Å². The molecule has 0 bridgehead atoms. The fourth-order valence-electron chi connectivity index (χ4n) is 2.27. The van der Waals surface area contributed by atoms with Crippen molar-refractivity contribution < 1.29 is 9.21 Å². The normalized spacial score (nSPS) is 11.8. The lowest BCUT2D eigenvalue weighted by Gasteiger charge is -2.18. The first-order valence-corrected chi connectivity index (χ1v) is 7.54. The van der Waals surface area contributed by atoms with Crippen molar-refractivity contribution in [2.24, 2.45) is 0 Å². The van der Waals surface area contributed by atoms with Crippen LogP contribution in [0.2, 0.25) is 0 Å². The van der Waals surface area contributed by atoms with E-state index in [2.05, 4.69) is 15.4 Å². The Hall–Kier alpha value is -2.63. The molecular formula is C17H20N4O2. The summed E-state index contributed by atoms with van der Waals surface area (Å²) >= 11 is 0. The van der Waals surface area contributed by atoms with E-state index in [0.717, 1.165) is 5.52 Å². The van der Waals surface area contributed by atoms with Gasteiger partial charge in [-0.15, -0.1) is 0 Å². The largest absolute Gasteiger partial charge is 0.439 e. The number of carbonyl (C=O) groups is 1. The number of benzene rings is 1. The van der Waals surface area contributed by atoms with Gasteiger partial charge >= 0.3 is 0 Å². The Morgan fingerprint density at radius 1 is 1.30 bits per heavy atom. The predicted octanol–water partition coefficient (Wildman–Crippen LogP) is 3.02. The van der Waals surface area contributed by atoms with Crippen molar-refractivity contribution in [1.29, 1.82) is 0 Å². The van der Waals surface area contributed by atoms with Gasteiger partial charge in [-0.1, -0.05) is 12.1 Å². The number of aryl methyl sites for hydroxylation is 1. The zero-order valence-corrected chi connectivity index (χ0v) is 13.8. The molecule has 0 fully saturated rings. The third-order valence-electron chi connectivity index (χ3n) is 3.57. The fourth-order valence-corrected chi connectivity index (χ4v) is 2.27. The molecule has 1 N–H and O–H groups in total. The molecule has 0 atom stereocenters. The highest BCUT2D eigenvalue weighted by Crippen LogP contribution is 2.17. The third-order valence-corrected chi connectivity index (χ3v) is 3.57. The van der Waals surface area contributed by atoms with E-state index in [-0.39, 0.29) is 18.0 Å². The Kier molecular flexibility index (Phi) is 3.67. The van der Waals surface area contributed by atoms with Crippen molar-refractivity contribution in [3.63, 3.8) is 0 Å². The van der Waals surface area contributed by atoms with E-state index in [9.17, 15) is 4.79 Å². The van der Waals surface area contributed by atoms with Gasteiger partial charge in [-0.25, -0.2) is 4.98 Å². The molecule has 0 saturated carbocycles. The summed E-state index contributed by atoms with van der Waals surface area (Å²) in [6.07, 6.45) is 1.77. The van der Waals surface area contributed by atoms with Crippen LogP contribution >= 0.6 is 0 Å². The van der Waals surface area contributed by atoms with Gasteiger partial charge in [-0.05, 0) is 39.8 Å². The van der Waals surface area contributed by atoms with Crippen LogP contribution < -0.4 is 5.32 Å². The summed E-state index contributed by atoms with van der Waals surface area (Å²) in [7, 11) is 0. The predicted molar refractivity (Wildman–Crippen MR) is 87.1 cm³/mol. The molecule has 6 nitrogen and oxygen atoms in total. The van der Waals surface area contributed by atoms with Crippen LogP contribution in [-0.2, 0) is 12.1 Å². The van der Waals surface area contributed by atoms with Gasteiger partial charge in [-0.3, -0.25) is 9.48 Å². The van der Waals surface area contributed by atoms with Crippen LogP contribution in [0.5, 0.6) is 0 Å². The van der Waals surface area contributed by atoms with Crippen LogP contribution in [-0.4, -0.2) is 20.7 Å². The molecule has 2 aromatic heterocycles. The van der Waals surface area contributed by atoms with Crippen molar-refractivity contribution in [1.82, 2.24) is 20.1 Å². The molecule has 0 unspecified atom stereocenters. The fraction of sp³-hybridized carbons (Fsp3) is 0.353. The van der Waals surface area contributed by atoms with E-state index in [4.69, 9.17) is 4.42 Å². The quantitative estimate of drug-likeness (QED) is 0.807. The van der Waals surface area contributed by atoms with Crippen molar-refractivity contribution in [3.05, 3.63) is 47.6 Å². The molecule has 120 valence electrons. The molecule has 3 rings (SSSR count). The topological polar surface area (TPSA) is 73.0 Å². The highest BCUT2D eigenvalue weighted by molar-refractivity contribution is 5.94. The molecule has 0 aliphatic rings. The number of rotatable bonds is 3. The molecule has 1 aromatic carbocycles. The van der Waals surface area contributed by atoms with Gasteiger partial charge < -0.3 is 9.73 Å². The molecule has 0 aliphatic carbocycles. The maximum atomic E-state index is 12.4. The average Bonchev–Trinajstić information content (AvgIpc) is 3.07. The SMILES string of the molecule is Cc1nn(C(C)(C)C)cc1C(=O)NCc1nc2ccccc2o1. The van der Waals surface area contributed by atoms with Gasteiger partial charge in [0.1, 0.15) is 5.52 Å². The number of carbonyl (C=O) groups excluding carboxylic acids is 1.